The third-order valence-electron chi connectivity index (χ3n) is 3.73. The minimum Gasteiger partial charge on any atom is -0.396 e. The van der Waals surface area contributed by atoms with Gasteiger partial charge in [-0.2, -0.15) is 0 Å². The topological polar surface area (TPSA) is 52.6 Å². The number of hydrogen-bond donors (Lipinski definition) is 2. The van der Waals surface area contributed by atoms with Crippen LogP contribution in [0.5, 0.6) is 0 Å². The molecule has 2 heterocycles. The molecule has 0 radical (unpaired) electrons. The first-order valence-electron chi connectivity index (χ1n) is 6.41. The highest BCUT2D eigenvalue weighted by molar-refractivity contribution is 5.79. The Labute approximate surface area is 97.0 Å². The van der Waals surface area contributed by atoms with Crippen molar-refractivity contribution in [1.82, 2.24) is 10.2 Å². The smallest absolute Gasteiger partial charge is 0.226 e. The fourth-order valence-corrected chi connectivity index (χ4v) is 2.74. The molecule has 0 spiro atoms. The van der Waals surface area contributed by atoms with Gasteiger partial charge in [-0.25, -0.2) is 0 Å². The zero-order valence-corrected chi connectivity index (χ0v) is 9.82. The number of hydrogen-bond acceptors (Lipinski definition) is 3. The molecule has 2 aliphatic rings. The van der Waals surface area contributed by atoms with E-state index < -0.39 is 0 Å². The number of amides is 1. The summed E-state index contributed by atoms with van der Waals surface area (Å²) in [4.78, 5) is 14.2. The predicted molar refractivity (Wildman–Crippen MR) is 62.0 cm³/mol. The van der Waals surface area contributed by atoms with Crippen LogP contribution in [0.25, 0.3) is 0 Å². The first-order chi connectivity index (χ1) is 7.81. The Morgan fingerprint density at radius 1 is 1.38 bits per heavy atom. The fraction of sp³-hybridized carbons (Fsp3) is 0.917. The summed E-state index contributed by atoms with van der Waals surface area (Å²) in [6.45, 7) is 3.73. The van der Waals surface area contributed by atoms with Gasteiger partial charge in [0, 0.05) is 26.2 Å². The van der Waals surface area contributed by atoms with E-state index in [0.29, 0.717) is 11.8 Å². The van der Waals surface area contributed by atoms with Crippen LogP contribution in [0.1, 0.15) is 25.7 Å². The maximum atomic E-state index is 12.2. The van der Waals surface area contributed by atoms with Crippen molar-refractivity contribution in [2.24, 2.45) is 11.8 Å². The van der Waals surface area contributed by atoms with E-state index in [4.69, 9.17) is 5.11 Å². The van der Waals surface area contributed by atoms with E-state index in [9.17, 15) is 4.79 Å². The maximum Gasteiger partial charge on any atom is 0.226 e. The highest BCUT2D eigenvalue weighted by atomic mass is 16.3. The van der Waals surface area contributed by atoms with Gasteiger partial charge >= 0.3 is 0 Å². The summed E-state index contributed by atoms with van der Waals surface area (Å²) in [6, 6.07) is 0. The number of aliphatic hydroxyl groups excluding tert-OH is 1. The van der Waals surface area contributed by atoms with Gasteiger partial charge in [0.05, 0.1) is 5.92 Å². The zero-order valence-electron chi connectivity index (χ0n) is 9.82. The molecule has 16 heavy (non-hydrogen) atoms. The Morgan fingerprint density at radius 2 is 2.25 bits per heavy atom. The van der Waals surface area contributed by atoms with Crippen LogP contribution in [0.2, 0.25) is 0 Å². The highest BCUT2D eigenvalue weighted by Crippen LogP contribution is 2.20. The summed E-state index contributed by atoms with van der Waals surface area (Å²) in [7, 11) is 0. The molecule has 4 heteroatoms. The minimum atomic E-state index is 0.172. The molecule has 4 nitrogen and oxygen atoms in total. The van der Waals surface area contributed by atoms with Crippen molar-refractivity contribution in [1.29, 1.82) is 0 Å². The molecule has 0 bridgehead atoms. The summed E-state index contributed by atoms with van der Waals surface area (Å²) in [5.74, 6) is 0.769. The van der Waals surface area contributed by atoms with Crippen molar-refractivity contribution in [3.05, 3.63) is 0 Å². The van der Waals surface area contributed by atoms with E-state index in [2.05, 4.69) is 5.32 Å². The molecule has 0 aliphatic carbocycles. The van der Waals surface area contributed by atoms with E-state index in [1.165, 1.54) is 0 Å². The molecule has 0 aromatic rings. The summed E-state index contributed by atoms with van der Waals surface area (Å²) in [6.07, 6.45) is 4.22. The molecule has 2 atom stereocenters. The number of nitrogens with zero attached hydrogens (tertiary/aromatic N) is 1. The van der Waals surface area contributed by atoms with Crippen molar-refractivity contribution in [3.8, 4) is 0 Å². The molecule has 2 unspecified atom stereocenters. The SMILES string of the molecule is O=C(C1CCCNC1)N1CCCC(CO)C1. The zero-order chi connectivity index (χ0) is 11.4. The van der Waals surface area contributed by atoms with Gasteiger partial charge in [0.15, 0.2) is 0 Å². The first kappa shape index (κ1) is 11.9. The molecule has 92 valence electrons. The standard InChI is InChI=1S/C12H22N2O2/c15-9-10-3-2-6-14(8-10)12(16)11-4-1-5-13-7-11/h10-11,13,15H,1-9H2. The Balaban J connectivity index is 1.87. The molecule has 1 amide bonds. The fourth-order valence-electron chi connectivity index (χ4n) is 2.74. The van der Waals surface area contributed by atoms with E-state index in [0.717, 1.165) is 51.9 Å². The number of carbonyl (C=O) groups excluding carboxylic acids is 1. The van der Waals surface area contributed by atoms with Crippen molar-refractivity contribution >= 4 is 5.91 Å². The monoisotopic (exact) mass is 226 g/mol. The van der Waals surface area contributed by atoms with E-state index in [1.54, 1.807) is 0 Å². The molecule has 0 aromatic heterocycles. The van der Waals surface area contributed by atoms with Gasteiger partial charge in [0.25, 0.3) is 0 Å². The lowest BCUT2D eigenvalue weighted by molar-refractivity contribution is -0.138. The van der Waals surface area contributed by atoms with Crippen molar-refractivity contribution < 1.29 is 9.90 Å². The Hall–Kier alpha value is -0.610. The number of rotatable bonds is 2. The Kier molecular flexibility index (Phi) is 4.18. The van der Waals surface area contributed by atoms with E-state index in [1.807, 2.05) is 4.90 Å². The number of carbonyl (C=O) groups is 1. The lowest BCUT2D eigenvalue weighted by atomic mass is 9.94. The van der Waals surface area contributed by atoms with Crippen LogP contribution in [0.4, 0.5) is 0 Å². The van der Waals surface area contributed by atoms with Crippen LogP contribution < -0.4 is 5.32 Å². The second kappa shape index (κ2) is 5.64. The molecule has 2 rings (SSSR count). The predicted octanol–water partition coefficient (Wildman–Crippen LogP) is 0.217. The first-order valence-corrected chi connectivity index (χ1v) is 6.41. The van der Waals surface area contributed by atoms with Crippen molar-refractivity contribution in [2.75, 3.05) is 32.8 Å². The molecular formula is C12H22N2O2. The van der Waals surface area contributed by atoms with Crippen molar-refractivity contribution in [3.63, 3.8) is 0 Å². The molecule has 0 aromatic carbocycles. The number of likely N-dealkylation sites (tertiary alicyclic amines) is 1. The lowest BCUT2D eigenvalue weighted by Crippen LogP contribution is -2.47. The highest BCUT2D eigenvalue weighted by Gasteiger charge is 2.29. The van der Waals surface area contributed by atoms with Gasteiger partial charge in [0.1, 0.15) is 0 Å². The third kappa shape index (κ3) is 2.74. The lowest BCUT2D eigenvalue weighted by Gasteiger charge is -2.35. The molecule has 0 saturated carbocycles. The summed E-state index contributed by atoms with van der Waals surface area (Å²) in [5.41, 5.74) is 0. The van der Waals surface area contributed by atoms with Crippen LogP contribution in [-0.2, 0) is 4.79 Å². The van der Waals surface area contributed by atoms with Gasteiger partial charge in [-0.3, -0.25) is 4.79 Å². The number of aliphatic hydroxyl groups is 1. The van der Waals surface area contributed by atoms with Gasteiger partial charge in [0.2, 0.25) is 5.91 Å². The van der Waals surface area contributed by atoms with Crippen LogP contribution in [0.3, 0.4) is 0 Å². The summed E-state index contributed by atoms with van der Waals surface area (Å²) < 4.78 is 0. The molecule has 2 fully saturated rings. The van der Waals surface area contributed by atoms with Crippen LogP contribution in [0.15, 0.2) is 0 Å². The van der Waals surface area contributed by atoms with Crippen LogP contribution in [0, 0.1) is 11.8 Å². The van der Waals surface area contributed by atoms with Crippen molar-refractivity contribution in [2.45, 2.75) is 25.7 Å². The minimum absolute atomic E-state index is 0.172. The molecule has 2 aliphatic heterocycles. The Morgan fingerprint density at radius 3 is 2.94 bits per heavy atom. The van der Waals surface area contributed by atoms with Crippen LogP contribution in [-0.4, -0.2) is 48.7 Å². The van der Waals surface area contributed by atoms with Gasteiger partial charge in [-0.1, -0.05) is 0 Å². The second-order valence-electron chi connectivity index (χ2n) is 5.02. The average molecular weight is 226 g/mol. The van der Waals surface area contributed by atoms with Crippen LogP contribution >= 0.6 is 0 Å². The number of piperidine rings is 2. The van der Waals surface area contributed by atoms with Gasteiger partial charge in [-0.05, 0) is 38.1 Å². The molecule has 2 N–H and O–H groups in total. The Bertz CT molecular complexity index is 239. The average Bonchev–Trinajstić information content (AvgIpc) is 2.39. The van der Waals surface area contributed by atoms with E-state index in [-0.39, 0.29) is 12.5 Å². The normalized spacial score (nSPS) is 31.4. The quantitative estimate of drug-likeness (QED) is 0.708. The summed E-state index contributed by atoms with van der Waals surface area (Å²) >= 11 is 0. The van der Waals surface area contributed by atoms with E-state index >= 15 is 0 Å². The largest absolute Gasteiger partial charge is 0.396 e. The summed E-state index contributed by atoms with van der Waals surface area (Å²) in [5, 5.41) is 12.4. The molecular weight excluding hydrogens is 204 g/mol. The maximum absolute atomic E-state index is 12.2. The van der Waals surface area contributed by atoms with Gasteiger partial charge < -0.3 is 15.3 Å². The second-order valence-corrected chi connectivity index (χ2v) is 5.02. The molecule has 2 saturated heterocycles. The number of nitrogens with one attached hydrogen (secondary N) is 1. The third-order valence-corrected chi connectivity index (χ3v) is 3.73. The van der Waals surface area contributed by atoms with Gasteiger partial charge in [-0.15, -0.1) is 0 Å².